The van der Waals surface area contributed by atoms with Gasteiger partial charge < -0.3 is 0 Å². The fraction of sp³-hybridized carbons (Fsp3) is 0.154. The second-order valence-corrected chi connectivity index (χ2v) is 4.67. The van der Waals surface area contributed by atoms with Crippen LogP contribution in [0.3, 0.4) is 0 Å². The molecule has 0 fully saturated rings. The molecule has 0 aliphatic heterocycles. The Hall–Kier alpha value is -2.01. The maximum atomic E-state index is 13.3. The lowest BCUT2D eigenvalue weighted by Gasteiger charge is -2.05. The van der Waals surface area contributed by atoms with Crippen LogP contribution in [0.2, 0.25) is 5.15 Å². The van der Waals surface area contributed by atoms with Crippen LogP contribution in [0.15, 0.2) is 24.3 Å². The highest BCUT2D eigenvalue weighted by Crippen LogP contribution is 2.24. The van der Waals surface area contributed by atoms with E-state index in [0.29, 0.717) is 22.2 Å². The predicted molar refractivity (Wildman–Crippen MR) is 70.7 cm³/mol. The molecule has 0 N–H and O–H groups in total. The van der Waals surface area contributed by atoms with Gasteiger partial charge >= 0.3 is 0 Å². The van der Waals surface area contributed by atoms with E-state index in [0.717, 1.165) is 11.1 Å². The third-order valence-corrected chi connectivity index (χ3v) is 3.48. The van der Waals surface area contributed by atoms with Gasteiger partial charge in [-0.3, -0.25) is 0 Å². The first-order valence-corrected chi connectivity index (χ1v) is 6.10. The van der Waals surface area contributed by atoms with Gasteiger partial charge in [0, 0.05) is 11.1 Å². The number of benzene rings is 1. The number of aryl methyl sites for hydroxylation is 1. The Morgan fingerprint density at radius 1 is 1.16 bits per heavy atom. The molecule has 0 bridgehead atoms. The van der Waals surface area contributed by atoms with Crippen LogP contribution in [0.4, 0.5) is 4.39 Å². The van der Waals surface area contributed by atoms with Crippen molar-refractivity contribution in [3.63, 3.8) is 0 Å². The van der Waals surface area contributed by atoms with Gasteiger partial charge in [-0.25, -0.2) is 4.39 Å². The van der Waals surface area contributed by atoms with Crippen molar-refractivity contribution in [1.82, 2.24) is 19.8 Å². The minimum atomic E-state index is -0.329. The summed E-state index contributed by atoms with van der Waals surface area (Å²) < 4.78 is 14.8. The lowest BCUT2D eigenvalue weighted by molar-refractivity contribution is 0.628. The van der Waals surface area contributed by atoms with E-state index in [1.54, 1.807) is 16.6 Å². The summed E-state index contributed by atoms with van der Waals surface area (Å²) in [5.41, 5.74) is 3.02. The smallest absolute Gasteiger partial charge is 0.185 e. The molecule has 0 saturated carbocycles. The SMILES string of the molecule is Cc1c(Cl)nn2c(-c3cccc(F)c3)nnc2c1C. The van der Waals surface area contributed by atoms with Crippen LogP contribution in [0.1, 0.15) is 11.1 Å². The van der Waals surface area contributed by atoms with Crippen LogP contribution in [0, 0.1) is 19.7 Å². The Kier molecular flexibility index (Phi) is 2.71. The summed E-state index contributed by atoms with van der Waals surface area (Å²) in [6, 6.07) is 6.14. The molecule has 0 amide bonds. The predicted octanol–water partition coefficient (Wildman–Crippen LogP) is 3.20. The van der Waals surface area contributed by atoms with Gasteiger partial charge in [0.25, 0.3) is 0 Å². The van der Waals surface area contributed by atoms with Crippen molar-refractivity contribution < 1.29 is 4.39 Å². The number of hydrogen-bond acceptors (Lipinski definition) is 3. The summed E-state index contributed by atoms with van der Waals surface area (Å²) in [6.07, 6.45) is 0. The zero-order valence-corrected chi connectivity index (χ0v) is 11.1. The van der Waals surface area contributed by atoms with Crippen LogP contribution >= 0.6 is 11.6 Å². The molecule has 2 heterocycles. The molecule has 0 aliphatic rings. The lowest BCUT2D eigenvalue weighted by atomic mass is 10.2. The summed E-state index contributed by atoms with van der Waals surface area (Å²) in [5.74, 6) is 0.142. The van der Waals surface area contributed by atoms with Gasteiger partial charge in [0.2, 0.25) is 0 Å². The van der Waals surface area contributed by atoms with Gasteiger partial charge in [-0.05, 0) is 31.5 Å². The summed E-state index contributed by atoms with van der Waals surface area (Å²) in [5, 5.41) is 12.8. The third kappa shape index (κ3) is 1.86. The molecule has 0 radical (unpaired) electrons. The van der Waals surface area contributed by atoms with Crippen molar-refractivity contribution in [3.05, 3.63) is 46.4 Å². The lowest BCUT2D eigenvalue weighted by Crippen LogP contribution is -2.00. The Bertz CT molecular complexity index is 782. The second-order valence-electron chi connectivity index (χ2n) is 4.31. The van der Waals surface area contributed by atoms with E-state index in [1.165, 1.54) is 12.1 Å². The first kappa shape index (κ1) is 12.0. The number of fused-ring (bicyclic) bond motifs is 1. The number of aromatic nitrogens is 4. The first-order valence-electron chi connectivity index (χ1n) is 5.72. The van der Waals surface area contributed by atoms with Crippen molar-refractivity contribution in [2.24, 2.45) is 0 Å². The van der Waals surface area contributed by atoms with Gasteiger partial charge in [-0.1, -0.05) is 23.7 Å². The molecule has 2 aromatic heterocycles. The number of rotatable bonds is 1. The number of nitrogens with zero attached hydrogens (tertiary/aromatic N) is 4. The fourth-order valence-corrected chi connectivity index (χ4v) is 2.12. The summed E-state index contributed by atoms with van der Waals surface area (Å²) >= 11 is 6.08. The van der Waals surface area contributed by atoms with Crippen molar-refractivity contribution in [2.75, 3.05) is 0 Å². The average Bonchev–Trinajstić information content (AvgIpc) is 2.80. The summed E-state index contributed by atoms with van der Waals surface area (Å²) in [6.45, 7) is 3.78. The van der Waals surface area contributed by atoms with Gasteiger partial charge in [-0.2, -0.15) is 9.61 Å². The van der Waals surface area contributed by atoms with Gasteiger partial charge in [0.05, 0.1) is 0 Å². The summed E-state index contributed by atoms with van der Waals surface area (Å²) in [4.78, 5) is 0. The molecular formula is C13H10ClFN4. The molecule has 0 aliphatic carbocycles. The van der Waals surface area contributed by atoms with Crippen LogP contribution in [-0.4, -0.2) is 19.8 Å². The first-order chi connectivity index (χ1) is 9.08. The molecule has 1 aromatic carbocycles. The molecule has 0 unspecified atom stereocenters. The van der Waals surface area contributed by atoms with E-state index in [9.17, 15) is 4.39 Å². The minimum Gasteiger partial charge on any atom is -0.207 e. The van der Waals surface area contributed by atoms with E-state index >= 15 is 0 Å². The Morgan fingerprint density at radius 2 is 1.95 bits per heavy atom. The largest absolute Gasteiger partial charge is 0.207 e. The molecule has 19 heavy (non-hydrogen) atoms. The third-order valence-electron chi connectivity index (χ3n) is 3.12. The monoisotopic (exact) mass is 276 g/mol. The Balaban J connectivity index is 2.32. The normalized spacial score (nSPS) is 11.2. The van der Waals surface area contributed by atoms with Crippen molar-refractivity contribution >= 4 is 17.2 Å². The molecule has 6 heteroatoms. The van der Waals surface area contributed by atoms with Crippen LogP contribution in [0.5, 0.6) is 0 Å². The fourth-order valence-electron chi connectivity index (χ4n) is 1.90. The van der Waals surface area contributed by atoms with E-state index in [4.69, 9.17) is 11.6 Å². The highest BCUT2D eigenvalue weighted by Gasteiger charge is 2.14. The second kappa shape index (κ2) is 4.28. The molecule has 0 saturated heterocycles. The zero-order valence-electron chi connectivity index (χ0n) is 10.4. The number of hydrogen-bond donors (Lipinski definition) is 0. The molecule has 3 aromatic rings. The van der Waals surface area contributed by atoms with Crippen LogP contribution in [-0.2, 0) is 0 Å². The standard InChI is InChI=1S/C13H10ClFN4/c1-7-8(2)12-16-17-13(19(12)18-11(7)14)9-4-3-5-10(15)6-9/h3-6H,1-2H3. The zero-order chi connectivity index (χ0) is 13.6. The average molecular weight is 277 g/mol. The Labute approximate surface area is 113 Å². The van der Waals surface area contributed by atoms with Gasteiger partial charge in [-0.15, -0.1) is 10.2 Å². The molecule has 3 rings (SSSR count). The van der Waals surface area contributed by atoms with E-state index < -0.39 is 0 Å². The molecule has 96 valence electrons. The topological polar surface area (TPSA) is 43.1 Å². The van der Waals surface area contributed by atoms with Crippen molar-refractivity contribution in [2.45, 2.75) is 13.8 Å². The molecule has 0 spiro atoms. The van der Waals surface area contributed by atoms with E-state index in [1.807, 2.05) is 13.8 Å². The number of halogens is 2. The molecule has 4 nitrogen and oxygen atoms in total. The Morgan fingerprint density at radius 3 is 2.68 bits per heavy atom. The van der Waals surface area contributed by atoms with Crippen LogP contribution in [0.25, 0.3) is 17.0 Å². The maximum absolute atomic E-state index is 13.3. The van der Waals surface area contributed by atoms with E-state index in [2.05, 4.69) is 15.3 Å². The van der Waals surface area contributed by atoms with Crippen molar-refractivity contribution in [3.8, 4) is 11.4 Å². The van der Waals surface area contributed by atoms with Gasteiger partial charge in [0.15, 0.2) is 16.6 Å². The maximum Gasteiger partial charge on any atom is 0.185 e. The molecular weight excluding hydrogens is 267 g/mol. The van der Waals surface area contributed by atoms with Gasteiger partial charge in [0.1, 0.15) is 5.82 Å². The highest BCUT2D eigenvalue weighted by molar-refractivity contribution is 6.30. The summed E-state index contributed by atoms with van der Waals surface area (Å²) in [7, 11) is 0. The highest BCUT2D eigenvalue weighted by atomic mass is 35.5. The van der Waals surface area contributed by atoms with Crippen molar-refractivity contribution in [1.29, 1.82) is 0 Å². The van der Waals surface area contributed by atoms with E-state index in [-0.39, 0.29) is 5.82 Å². The molecule has 0 atom stereocenters. The van der Waals surface area contributed by atoms with Crippen LogP contribution < -0.4 is 0 Å². The quantitative estimate of drug-likeness (QED) is 0.685. The minimum absolute atomic E-state index is 0.329.